The number of carbonyl (C=O) groups excluding carboxylic acids is 1. The Morgan fingerprint density at radius 3 is 2.33 bits per heavy atom. The van der Waals surface area contributed by atoms with E-state index in [0.717, 1.165) is 12.0 Å². The molecule has 0 saturated carbocycles. The Hall–Kier alpha value is -2.33. The molecule has 2 aromatic rings. The number of amides is 1. The van der Waals surface area contributed by atoms with E-state index in [2.05, 4.69) is 5.32 Å². The van der Waals surface area contributed by atoms with E-state index in [4.69, 9.17) is 16.7 Å². The van der Waals surface area contributed by atoms with Crippen molar-refractivity contribution < 1.29 is 14.7 Å². The lowest BCUT2D eigenvalue weighted by molar-refractivity contribution is 0.0696. The molecule has 1 amide bonds. The minimum absolute atomic E-state index is 0.0270. The lowest BCUT2D eigenvalue weighted by atomic mass is 10.1. The molecule has 4 nitrogen and oxygen atoms in total. The van der Waals surface area contributed by atoms with Crippen molar-refractivity contribution >= 4 is 29.2 Å². The van der Waals surface area contributed by atoms with Gasteiger partial charge in [0.2, 0.25) is 0 Å². The monoisotopic (exact) mass is 303 g/mol. The molecule has 0 atom stereocenters. The molecule has 21 heavy (non-hydrogen) atoms. The van der Waals surface area contributed by atoms with Crippen LogP contribution in [-0.2, 0) is 6.42 Å². The maximum absolute atomic E-state index is 12.1. The third-order valence-electron chi connectivity index (χ3n) is 3.03. The van der Waals surface area contributed by atoms with Crippen LogP contribution < -0.4 is 5.32 Å². The molecule has 0 spiro atoms. The van der Waals surface area contributed by atoms with Crippen molar-refractivity contribution in [1.29, 1.82) is 0 Å². The maximum Gasteiger partial charge on any atom is 0.335 e. The molecule has 0 aliphatic carbocycles. The number of carboxylic acids is 1. The van der Waals surface area contributed by atoms with E-state index in [1.807, 2.05) is 19.1 Å². The van der Waals surface area contributed by atoms with Crippen LogP contribution in [0.1, 0.15) is 33.2 Å². The van der Waals surface area contributed by atoms with Crippen molar-refractivity contribution in [3.63, 3.8) is 0 Å². The lowest BCUT2D eigenvalue weighted by Gasteiger charge is -2.07. The lowest BCUT2D eigenvalue weighted by Crippen LogP contribution is -2.12. The van der Waals surface area contributed by atoms with E-state index in [1.54, 1.807) is 12.1 Å². The minimum atomic E-state index is -1.10. The molecule has 0 radical (unpaired) electrons. The van der Waals surface area contributed by atoms with Gasteiger partial charge < -0.3 is 10.4 Å². The molecule has 0 heterocycles. The van der Waals surface area contributed by atoms with Gasteiger partial charge in [-0.05, 0) is 42.3 Å². The van der Waals surface area contributed by atoms with Crippen molar-refractivity contribution in [1.82, 2.24) is 0 Å². The number of rotatable bonds is 4. The van der Waals surface area contributed by atoms with Crippen molar-refractivity contribution in [2.75, 3.05) is 5.32 Å². The highest BCUT2D eigenvalue weighted by molar-refractivity contribution is 6.31. The SMILES string of the molecule is CCc1ccc(C(=O)Nc2cc(Cl)cc(C(=O)O)c2)cc1. The molecule has 0 aliphatic heterocycles. The molecule has 0 fully saturated rings. The van der Waals surface area contributed by atoms with E-state index in [9.17, 15) is 9.59 Å². The molecule has 0 unspecified atom stereocenters. The molecular formula is C16H14ClNO3. The fourth-order valence-electron chi connectivity index (χ4n) is 1.88. The van der Waals surface area contributed by atoms with Crippen LogP contribution in [-0.4, -0.2) is 17.0 Å². The highest BCUT2D eigenvalue weighted by Gasteiger charge is 2.10. The highest BCUT2D eigenvalue weighted by Crippen LogP contribution is 2.20. The first kappa shape index (κ1) is 15.1. The average Bonchev–Trinajstić information content (AvgIpc) is 2.46. The zero-order chi connectivity index (χ0) is 15.4. The Bertz CT molecular complexity index is 680. The fraction of sp³-hybridized carbons (Fsp3) is 0.125. The quantitative estimate of drug-likeness (QED) is 0.901. The fourth-order valence-corrected chi connectivity index (χ4v) is 2.12. The summed E-state index contributed by atoms with van der Waals surface area (Å²) in [5, 5.41) is 11.9. The number of halogens is 1. The van der Waals surface area contributed by atoms with Gasteiger partial charge in [-0.15, -0.1) is 0 Å². The van der Waals surface area contributed by atoms with Gasteiger partial charge in [0.15, 0.2) is 0 Å². The van der Waals surface area contributed by atoms with Crippen LogP contribution in [0.5, 0.6) is 0 Å². The first-order valence-corrected chi connectivity index (χ1v) is 6.81. The molecule has 0 aromatic heterocycles. The van der Waals surface area contributed by atoms with Crippen LogP contribution in [0, 0.1) is 0 Å². The first-order valence-electron chi connectivity index (χ1n) is 6.43. The van der Waals surface area contributed by atoms with Crippen molar-refractivity contribution in [2.24, 2.45) is 0 Å². The van der Waals surface area contributed by atoms with E-state index in [1.165, 1.54) is 18.2 Å². The molecule has 2 N–H and O–H groups in total. The van der Waals surface area contributed by atoms with E-state index < -0.39 is 5.97 Å². The second kappa shape index (κ2) is 6.41. The third-order valence-corrected chi connectivity index (χ3v) is 3.25. The van der Waals surface area contributed by atoms with Crippen LogP contribution >= 0.6 is 11.6 Å². The molecule has 0 aliphatic rings. The number of carboxylic acid groups (broad SMARTS) is 1. The molecule has 2 rings (SSSR count). The van der Waals surface area contributed by atoms with Gasteiger partial charge in [-0.25, -0.2) is 4.79 Å². The summed E-state index contributed by atoms with van der Waals surface area (Å²) in [6.45, 7) is 2.04. The van der Waals surface area contributed by atoms with Crippen molar-refractivity contribution in [3.8, 4) is 0 Å². The number of hydrogen-bond donors (Lipinski definition) is 2. The summed E-state index contributed by atoms with van der Waals surface area (Å²) in [7, 11) is 0. The minimum Gasteiger partial charge on any atom is -0.478 e. The Morgan fingerprint density at radius 2 is 1.76 bits per heavy atom. The normalized spacial score (nSPS) is 10.2. The summed E-state index contributed by atoms with van der Waals surface area (Å²) < 4.78 is 0. The third kappa shape index (κ3) is 3.83. The smallest absolute Gasteiger partial charge is 0.335 e. The second-order valence-corrected chi connectivity index (χ2v) is 4.97. The Balaban J connectivity index is 2.20. The Labute approximate surface area is 127 Å². The van der Waals surface area contributed by atoms with Crippen molar-refractivity contribution in [3.05, 3.63) is 64.2 Å². The number of aromatic carboxylic acids is 1. The molecular weight excluding hydrogens is 290 g/mol. The van der Waals surface area contributed by atoms with E-state index in [0.29, 0.717) is 11.3 Å². The highest BCUT2D eigenvalue weighted by atomic mass is 35.5. The van der Waals surface area contributed by atoms with Gasteiger partial charge in [-0.2, -0.15) is 0 Å². The summed E-state index contributed by atoms with van der Waals surface area (Å²) in [4.78, 5) is 23.1. The predicted molar refractivity (Wildman–Crippen MR) is 82.2 cm³/mol. The average molecular weight is 304 g/mol. The van der Waals surface area contributed by atoms with Crippen LogP contribution in [0.25, 0.3) is 0 Å². The summed E-state index contributed by atoms with van der Waals surface area (Å²) in [6, 6.07) is 11.4. The zero-order valence-electron chi connectivity index (χ0n) is 11.4. The zero-order valence-corrected chi connectivity index (χ0v) is 12.1. The Kier molecular flexibility index (Phi) is 4.60. The van der Waals surface area contributed by atoms with Crippen LogP contribution in [0.4, 0.5) is 5.69 Å². The number of nitrogens with one attached hydrogen (secondary N) is 1. The van der Waals surface area contributed by atoms with Crippen LogP contribution in [0.15, 0.2) is 42.5 Å². The predicted octanol–water partition coefficient (Wildman–Crippen LogP) is 3.85. The molecule has 0 saturated heterocycles. The second-order valence-electron chi connectivity index (χ2n) is 4.54. The molecule has 108 valence electrons. The largest absolute Gasteiger partial charge is 0.478 e. The first-order chi connectivity index (χ1) is 9.99. The summed E-state index contributed by atoms with van der Waals surface area (Å²) in [5.41, 5.74) is 2.02. The number of anilines is 1. The summed E-state index contributed by atoms with van der Waals surface area (Å²) >= 11 is 5.85. The maximum atomic E-state index is 12.1. The van der Waals surface area contributed by atoms with Gasteiger partial charge in [0.25, 0.3) is 5.91 Å². The topological polar surface area (TPSA) is 66.4 Å². The van der Waals surface area contributed by atoms with Crippen LogP contribution in [0.3, 0.4) is 0 Å². The van der Waals surface area contributed by atoms with Gasteiger partial charge in [-0.1, -0.05) is 30.7 Å². The van der Waals surface area contributed by atoms with E-state index in [-0.39, 0.29) is 16.5 Å². The molecule has 5 heteroatoms. The van der Waals surface area contributed by atoms with E-state index >= 15 is 0 Å². The molecule has 2 aromatic carbocycles. The number of carbonyl (C=O) groups is 2. The Morgan fingerprint density at radius 1 is 1.10 bits per heavy atom. The van der Waals surface area contributed by atoms with Gasteiger partial charge >= 0.3 is 5.97 Å². The van der Waals surface area contributed by atoms with Crippen molar-refractivity contribution in [2.45, 2.75) is 13.3 Å². The summed E-state index contributed by atoms with van der Waals surface area (Å²) in [6.07, 6.45) is 0.901. The van der Waals surface area contributed by atoms with Gasteiger partial charge in [0, 0.05) is 16.3 Å². The van der Waals surface area contributed by atoms with Gasteiger partial charge in [-0.3, -0.25) is 4.79 Å². The number of hydrogen-bond acceptors (Lipinski definition) is 2. The standard InChI is InChI=1S/C16H14ClNO3/c1-2-10-3-5-11(6-4-10)15(19)18-14-8-12(16(20)21)7-13(17)9-14/h3-9H,2H2,1H3,(H,18,19)(H,20,21). The van der Waals surface area contributed by atoms with Gasteiger partial charge in [0.05, 0.1) is 5.56 Å². The van der Waals surface area contributed by atoms with Crippen LogP contribution in [0.2, 0.25) is 5.02 Å². The number of benzene rings is 2. The number of aryl methyl sites for hydroxylation is 1. The molecule has 0 bridgehead atoms. The summed E-state index contributed by atoms with van der Waals surface area (Å²) in [5.74, 6) is -1.41. The van der Waals surface area contributed by atoms with Gasteiger partial charge in [0.1, 0.15) is 0 Å².